The summed E-state index contributed by atoms with van der Waals surface area (Å²) in [4.78, 5) is 12.9. The van der Waals surface area contributed by atoms with Gasteiger partial charge in [0.25, 0.3) is 0 Å². The summed E-state index contributed by atoms with van der Waals surface area (Å²) in [5.74, 6) is 0.141. The summed E-state index contributed by atoms with van der Waals surface area (Å²) in [6.07, 6.45) is 5.05. The van der Waals surface area contributed by atoms with Gasteiger partial charge in [0.15, 0.2) is 0 Å². The van der Waals surface area contributed by atoms with E-state index in [0.717, 1.165) is 57.3 Å². The van der Waals surface area contributed by atoms with Crippen molar-refractivity contribution in [3.05, 3.63) is 33.8 Å². The van der Waals surface area contributed by atoms with E-state index in [0.29, 0.717) is 10.0 Å². The van der Waals surface area contributed by atoms with Crippen molar-refractivity contribution in [1.29, 1.82) is 0 Å². The Bertz CT molecular complexity index is 596. The van der Waals surface area contributed by atoms with Gasteiger partial charge in [-0.2, -0.15) is 0 Å². The van der Waals surface area contributed by atoms with Crippen molar-refractivity contribution in [2.75, 3.05) is 19.6 Å². The summed E-state index contributed by atoms with van der Waals surface area (Å²) in [7, 11) is 0. The summed E-state index contributed by atoms with van der Waals surface area (Å²) in [6.45, 7) is 5.08. The molecule has 3 rings (SSSR count). The Balaban J connectivity index is 0.00000208. The number of hydrogen-bond donors (Lipinski definition) is 2. The minimum Gasteiger partial charge on any atom is -0.355 e. The molecule has 0 bridgehead atoms. The molecular weight excluding hydrogens is 367 g/mol. The molecule has 24 heavy (non-hydrogen) atoms. The summed E-state index contributed by atoms with van der Waals surface area (Å²) in [6, 6.07) is 5.59. The highest BCUT2D eigenvalue weighted by molar-refractivity contribution is 6.42. The van der Waals surface area contributed by atoms with Crippen LogP contribution in [0.5, 0.6) is 0 Å². The van der Waals surface area contributed by atoms with Gasteiger partial charge in [-0.05, 0) is 61.9 Å². The molecule has 0 spiro atoms. The van der Waals surface area contributed by atoms with Gasteiger partial charge >= 0.3 is 0 Å². The average molecular weight is 392 g/mol. The average Bonchev–Trinajstić information content (AvgIpc) is 2.48. The molecule has 3 nitrogen and oxygen atoms in total. The van der Waals surface area contributed by atoms with Crippen molar-refractivity contribution < 1.29 is 4.79 Å². The molecule has 1 heterocycles. The lowest BCUT2D eigenvalue weighted by atomic mass is 9.63. The van der Waals surface area contributed by atoms with Crippen LogP contribution in [0.15, 0.2) is 18.2 Å². The van der Waals surface area contributed by atoms with Crippen LogP contribution in [0.2, 0.25) is 10.0 Å². The highest BCUT2D eigenvalue weighted by Gasteiger charge is 2.46. The van der Waals surface area contributed by atoms with Crippen molar-refractivity contribution in [1.82, 2.24) is 10.6 Å². The molecular formula is C18H25Cl3N2O. The second-order valence-corrected chi connectivity index (χ2v) is 8.12. The van der Waals surface area contributed by atoms with E-state index in [-0.39, 0.29) is 23.7 Å². The topological polar surface area (TPSA) is 41.1 Å². The molecule has 0 radical (unpaired) electrons. The number of benzene rings is 1. The number of rotatable bonds is 4. The van der Waals surface area contributed by atoms with Crippen LogP contribution >= 0.6 is 35.6 Å². The van der Waals surface area contributed by atoms with Crippen LogP contribution in [0.3, 0.4) is 0 Å². The lowest BCUT2D eigenvalue weighted by Crippen LogP contribution is -2.52. The van der Waals surface area contributed by atoms with E-state index in [1.165, 1.54) is 0 Å². The van der Waals surface area contributed by atoms with Crippen LogP contribution < -0.4 is 10.6 Å². The Kier molecular flexibility index (Phi) is 6.46. The Morgan fingerprint density at radius 1 is 1.17 bits per heavy atom. The summed E-state index contributed by atoms with van der Waals surface area (Å²) < 4.78 is 0. The summed E-state index contributed by atoms with van der Waals surface area (Å²) in [5, 5.41) is 7.66. The van der Waals surface area contributed by atoms with E-state index >= 15 is 0 Å². The normalized spacial score (nSPS) is 21.3. The number of carbonyl (C=O) groups excluding carboxylic acids is 1. The van der Waals surface area contributed by atoms with E-state index < -0.39 is 5.41 Å². The van der Waals surface area contributed by atoms with Gasteiger partial charge in [0.1, 0.15) is 0 Å². The van der Waals surface area contributed by atoms with E-state index in [9.17, 15) is 4.79 Å². The first-order chi connectivity index (χ1) is 11.0. The predicted molar refractivity (Wildman–Crippen MR) is 102 cm³/mol. The molecule has 1 aliphatic heterocycles. The maximum atomic E-state index is 12.9. The molecule has 0 aromatic heterocycles. The first-order valence-electron chi connectivity index (χ1n) is 8.40. The fraction of sp³-hybridized carbons (Fsp3) is 0.611. The molecule has 1 aliphatic carbocycles. The standard InChI is InChI=1S/C18H24Cl2N2O.ClH/c1-17(7-9-21-10-8-17)12-22-16(23)18(5-2-6-18)13-3-4-14(19)15(20)11-13;/h3-4,11,21H,2,5-10,12H2,1H3,(H,22,23);1H. The zero-order chi connectivity index (χ0) is 16.5. The fourth-order valence-corrected chi connectivity index (χ4v) is 3.94. The second-order valence-electron chi connectivity index (χ2n) is 7.31. The Morgan fingerprint density at radius 3 is 2.38 bits per heavy atom. The minimum atomic E-state index is -0.419. The molecule has 0 unspecified atom stereocenters. The van der Waals surface area contributed by atoms with Crippen LogP contribution in [0.1, 0.15) is 44.6 Å². The van der Waals surface area contributed by atoms with Gasteiger partial charge < -0.3 is 10.6 Å². The van der Waals surface area contributed by atoms with Gasteiger partial charge in [-0.3, -0.25) is 4.79 Å². The number of halogens is 3. The lowest BCUT2D eigenvalue weighted by Gasteiger charge is -2.42. The monoisotopic (exact) mass is 390 g/mol. The molecule has 1 aromatic carbocycles. The first kappa shape index (κ1) is 19.8. The van der Waals surface area contributed by atoms with Crippen molar-refractivity contribution >= 4 is 41.5 Å². The van der Waals surface area contributed by atoms with Gasteiger partial charge in [0, 0.05) is 6.54 Å². The van der Waals surface area contributed by atoms with E-state index in [1.54, 1.807) is 6.07 Å². The maximum Gasteiger partial charge on any atom is 0.230 e. The fourth-order valence-electron chi connectivity index (χ4n) is 3.64. The smallest absolute Gasteiger partial charge is 0.230 e. The van der Waals surface area contributed by atoms with E-state index in [2.05, 4.69) is 17.6 Å². The number of nitrogens with one attached hydrogen (secondary N) is 2. The minimum absolute atomic E-state index is 0. The van der Waals surface area contributed by atoms with Gasteiger partial charge in [-0.15, -0.1) is 12.4 Å². The van der Waals surface area contributed by atoms with Crippen molar-refractivity contribution in [2.24, 2.45) is 5.41 Å². The van der Waals surface area contributed by atoms with Gasteiger partial charge in [-0.1, -0.05) is 42.6 Å². The molecule has 1 aromatic rings. The highest BCUT2D eigenvalue weighted by atomic mass is 35.5. The van der Waals surface area contributed by atoms with Crippen molar-refractivity contribution in [3.8, 4) is 0 Å². The third-order valence-corrected chi connectivity index (χ3v) is 6.34. The third kappa shape index (κ3) is 3.85. The molecule has 1 saturated carbocycles. The lowest BCUT2D eigenvalue weighted by molar-refractivity contribution is -0.130. The molecule has 1 amide bonds. The Labute approximate surface area is 160 Å². The molecule has 0 atom stereocenters. The van der Waals surface area contributed by atoms with Crippen LogP contribution in [-0.2, 0) is 10.2 Å². The molecule has 2 fully saturated rings. The van der Waals surface area contributed by atoms with Crippen LogP contribution in [0, 0.1) is 5.41 Å². The van der Waals surface area contributed by atoms with Crippen LogP contribution in [-0.4, -0.2) is 25.5 Å². The Morgan fingerprint density at radius 2 is 1.83 bits per heavy atom. The van der Waals surface area contributed by atoms with E-state index in [1.807, 2.05) is 12.1 Å². The SMILES string of the molecule is CC1(CNC(=O)C2(c3ccc(Cl)c(Cl)c3)CCC2)CCNCC1.Cl. The zero-order valence-electron chi connectivity index (χ0n) is 14.0. The van der Waals surface area contributed by atoms with Gasteiger partial charge in [0.05, 0.1) is 15.5 Å². The zero-order valence-corrected chi connectivity index (χ0v) is 16.3. The summed E-state index contributed by atoms with van der Waals surface area (Å²) in [5.41, 5.74) is 0.771. The predicted octanol–water partition coefficient (Wildman–Crippen LogP) is 4.34. The van der Waals surface area contributed by atoms with Gasteiger partial charge in [0.2, 0.25) is 5.91 Å². The molecule has 2 N–H and O–H groups in total. The molecule has 134 valence electrons. The number of piperidine rings is 1. The molecule has 2 aliphatic rings. The van der Waals surface area contributed by atoms with Crippen LogP contribution in [0.4, 0.5) is 0 Å². The summed E-state index contributed by atoms with van der Waals surface area (Å²) >= 11 is 12.2. The number of carbonyl (C=O) groups is 1. The van der Waals surface area contributed by atoms with Gasteiger partial charge in [-0.25, -0.2) is 0 Å². The van der Waals surface area contributed by atoms with E-state index in [4.69, 9.17) is 23.2 Å². The third-order valence-electron chi connectivity index (χ3n) is 5.60. The first-order valence-corrected chi connectivity index (χ1v) is 9.15. The number of amides is 1. The van der Waals surface area contributed by atoms with Crippen molar-refractivity contribution in [3.63, 3.8) is 0 Å². The molecule has 6 heteroatoms. The maximum absolute atomic E-state index is 12.9. The molecule has 1 saturated heterocycles. The quantitative estimate of drug-likeness (QED) is 0.801. The Hall–Kier alpha value is -0.480. The van der Waals surface area contributed by atoms with Crippen molar-refractivity contribution in [2.45, 2.75) is 44.4 Å². The highest BCUT2D eigenvalue weighted by Crippen LogP contribution is 2.45. The van der Waals surface area contributed by atoms with Crippen LogP contribution in [0.25, 0.3) is 0 Å². The number of hydrogen-bond acceptors (Lipinski definition) is 2. The largest absolute Gasteiger partial charge is 0.355 e. The second kappa shape index (κ2) is 7.82.